The molecule has 0 radical (unpaired) electrons. The summed E-state index contributed by atoms with van der Waals surface area (Å²) in [5.74, 6) is -0.387. The molecular formula is C25H33F3N2O. The number of unbranched alkanes of at least 4 members (excludes halogenated alkanes) is 5. The third-order valence-corrected chi connectivity index (χ3v) is 6.11. The van der Waals surface area contributed by atoms with Crippen molar-refractivity contribution in [1.82, 2.24) is 10.4 Å². The van der Waals surface area contributed by atoms with Crippen molar-refractivity contribution >= 4 is 16.7 Å². The smallest absolute Gasteiger partial charge is 0.287 e. The fraction of sp³-hybridized carbons (Fsp3) is 0.560. The molecule has 1 saturated heterocycles. The van der Waals surface area contributed by atoms with Crippen LogP contribution >= 0.6 is 0 Å². The Kier molecular flexibility index (Phi) is 7.30. The lowest BCUT2D eigenvalue weighted by atomic mass is 9.93. The summed E-state index contributed by atoms with van der Waals surface area (Å²) < 4.78 is 41.9. The second-order valence-corrected chi connectivity index (χ2v) is 9.36. The van der Waals surface area contributed by atoms with Crippen LogP contribution in [-0.4, -0.2) is 23.6 Å². The van der Waals surface area contributed by atoms with Gasteiger partial charge in [-0.25, -0.2) is 5.01 Å². The molecule has 1 atom stereocenters. The van der Waals surface area contributed by atoms with Gasteiger partial charge in [-0.05, 0) is 54.7 Å². The molecule has 6 heteroatoms. The topological polar surface area (TPSA) is 32.3 Å². The highest BCUT2D eigenvalue weighted by molar-refractivity contribution is 5.85. The number of hydrazine groups is 1. The first kappa shape index (κ1) is 23.6. The van der Waals surface area contributed by atoms with Gasteiger partial charge < -0.3 is 0 Å². The number of carbonyl (C=O) groups excluding carboxylic acids is 1. The summed E-state index contributed by atoms with van der Waals surface area (Å²) in [4.78, 5) is 12.1. The van der Waals surface area contributed by atoms with Gasteiger partial charge in [-0.3, -0.25) is 10.2 Å². The van der Waals surface area contributed by atoms with Crippen molar-refractivity contribution in [3.63, 3.8) is 0 Å². The van der Waals surface area contributed by atoms with Crippen molar-refractivity contribution in [3.05, 3.63) is 47.5 Å². The van der Waals surface area contributed by atoms with E-state index in [1.54, 1.807) is 26.0 Å². The number of rotatable bonds is 9. The SMILES string of the molecule is CCCCCCCCc1ccc2cc(C(N3CC(C)(C)C(=O)N3)C(F)(F)F)ccc2c1. The third kappa shape index (κ3) is 5.79. The molecule has 0 aliphatic carbocycles. The number of nitrogens with zero attached hydrogens (tertiary/aromatic N) is 1. The summed E-state index contributed by atoms with van der Waals surface area (Å²) in [5, 5.41) is 2.75. The standard InChI is InChI=1S/C25H33F3N2O/c1-4-5-6-7-8-9-10-18-11-12-20-16-21(14-13-19(20)15-18)22(25(26,27)28)30-17-24(2,3)23(31)29-30/h11-16,22H,4-10,17H2,1-3H3,(H,29,31). The molecule has 1 unspecified atom stereocenters. The van der Waals surface area contributed by atoms with E-state index in [1.165, 1.54) is 43.7 Å². The molecule has 0 bridgehead atoms. The zero-order chi connectivity index (χ0) is 22.6. The number of nitrogens with one attached hydrogen (secondary N) is 1. The Morgan fingerprint density at radius 3 is 2.29 bits per heavy atom. The van der Waals surface area contributed by atoms with Crippen LogP contribution in [0.15, 0.2) is 36.4 Å². The van der Waals surface area contributed by atoms with E-state index in [1.807, 2.05) is 12.1 Å². The summed E-state index contributed by atoms with van der Waals surface area (Å²) in [6.07, 6.45) is 3.90. The molecule has 1 N–H and O–H groups in total. The number of hydrogen-bond donors (Lipinski definition) is 1. The molecule has 3 nitrogen and oxygen atoms in total. The van der Waals surface area contributed by atoms with Crippen LogP contribution in [0, 0.1) is 5.41 Å². The number of fused-ring (bicyclic) bond motifs is 1. The second-order valence-electron chi connectivity index (χ2n) is 9.36. The zero-order valence-electron chi connectivity index (χ0n) is 18.7. The maximum atomic E-state index is 14.0. The van der Waals surface area contributed by atoms with Crippen molar-refractivity contribution in [2.24, 2.45) is 5.41 Å². The Balaban J connectivity index is 1.75. The molecule has 2 aromatic carbocycles. The van der Waals surface area contributed by atoms with E-state index in [0.717, 1.165) is 28.6 Å². The van der Waals surface area contributed by atoms with Crippen LogP contribution in [0.25, 0.3) is 10.8 Å². The Morgan fingerprint density at radius 1 is 1.00 bits per heavy atom. The van der Waals surface area contributed by atoms with Crippen molar-refractivity contribution in [3.8, 4) is 0 Å². The molecular weight excluding hydrogens is 401 g/mol. The van der Waals surface area contributed by atoms with Crippen LogP contribution < -0.4 is 5.43 Å². The quantitative estimate of drug-likeness (QED) is 0.444. The lowest BCUT2D eigenvalue weighted by molar-refractivity contribution is -0.191. The molecule has 1 fully saturated rings. The number of hydrogen-bond acceptors (Lipinski definition) is 2. The van der Waals surface area contributed by atoms with E-state index in [2.05, 4.69) is 18.4 Å². The highest BCUT2D eigenvalue weighted by Gasteiger charge is 2.51. The summed E-state index contributed by atoms with van der Waals surface area (Å²) in [6.45, 7) is 5.52. The van der Waals surface area contributed by atoms with Gasteiger partial charge in [0.05, 0.1) is 5.41 Å². The van der Waals surface area contributed by atoms with Crippen LogP contribution in [0.3, 0.4) is 0 Å². The lowest BCUT2D eigenvalue weighted by Gasteiger charge is -2.30. The fourth-order valence-electron chi connectivity index (χ4n) is 4.27. The first-order valence-corrected chi connectivity index (χ1v) is 11.3. The van der Waals surface area contributed by atoms with Crippen LogP contribution in [-0.2, 0) is 11.2 Å². The number of halogens is 3. The van der Waals surface area contributed by atoms with E-state index in [9.17, 15) is 18.0 Å². The van der Waals surface area contributed by atoms with Crippen molar-refractivity contribution in [1.29, 1.82) is 0 Å². The number of amides is 1. The Morgan fingerprint density at radius 2 is 1.65 bits per heavy atom. The van der Waals surface area contributed by atoms with Gasteiger partial charge in [0.2, 0.25) is 5.91 Å². The first-order valence-electron chi connectivity index (χ1n) is 11.3. The molecule has 2 aromatic rings. The van der Waals surface area contributed by atoms with E-state index < -0.39 is 17.6 Å². The molecule has 1 aliphatic rings. The van der Waals surface area contributed by atoms with E-state index >= 15 is 0 Å². The molecule has 1 aliphatic heterocycles. The molecule has 170 valence electrons. The van der Waals surface area contributed by atoms with E-state index in [-0.39, 0.29) is 18.0 Å². The Hall–Kier alpha value is -2.08. The fourth-order valence-corrected chi connectivity index (χ4v) is 4.27. The molecule has 1 heterocycles. The second kappa shape index (κ2) is 9.60. The molecule has 0 spiro atoms. The van der Waals surface area contributed by atoms with E-state index in [0.29, 0.717) is 0 Å². The highest BCUT2D eigenvalue weighted by atomic mass is 19.4. The average molecular weight is 435 g/mol. The number of benzene rings is 2. The van der Waals surface area contributed by atoms with Gasteiger partial charge in [0, 0.05) is 6.54 Å². The Labute approximate surface area is 183 Å². The molecule has 31 heavy (non-hydrogen) atoms. The molecule has 0 aromatic heterocycles. The van der Waals surface area contributed by atoms with Gasteiger partial charge in [0.15, 0.2) is 0 Å². The predicted octanol–water partition coefficient (Wildman–Crippen LogP) is 6.72. The minimum Gasteiger partial charge on any atom is -0.287 e. The van der Waals surface area contributed by atoms with Crippen molar-refractivity contribution in [2.45, 2.75) is 77.9 Å². The number of carbonyl (C=O) groups is 1. The Bertz CT molecular complexity index is 907. The summed E-state index contributed by atoms with van der Waals surface area (Å²) in [7, 11) is 0. The minimum absolute atomic E-state index is 0.00520. The highest BCUT2D eigenvalue weighted by Crippen LogP contribution is 2.41. The molecule has 3 rings (SSSR count). The zero-order valence-corrected chi connectivity index (χ0v) is 18.7. The maximum Gasteiger partial charge on any atom is 0.409 e. The monoisotopic (exact) mass is 434 g/mol. The molecule has 1 amide bonds. The van der Waals surface area contributed by atoms with Gasteiger partial charge in [0.1, 0.15) is 6.04 Å². The number of aryl methyl sites for hydroxylation is 1. The first-order chi connectivity index (χ1) is 14.6. The third-order valence-electron chi connectivity index (χ3n) is 6.11. The molecule has 0 saturated carbocycles. The normalized spacial score (nSPS) is 17.8. The van der Waals surface area contributed by atoms with Gasteiger partial charge in [0.25, 0.3) is 0 Å². The summed E-state index contributed by atoms with van der Waals surface area (Å²) in [6, 6.07) is 9.02. The van der Waals surface area contributed by atoms with E-state index in [4.69, 9.17) is 0 Å². The van der Waals surface area contributed by atoms with Gasteiger partial charge in [-0.15, -0.1) is 0 Å². The predicted molar refractivity (Wildman–Crippen MR) is 118 cm³/mol. The summed E-state index contributed by atoms with van der Waals surface area (Å²) >= 11 is 0. The van der Waals surface area contributed by atoms with Crippen LogP contribution in [0.2, 0.25) is 0 Å². The van der Waals surface area contributed by atoms with Gasteiger partial charge in [-0.2, -0.15) is 13.2 Å². The summed E-state index contributed by atoms with van der Waals surface area (Å²) in [5.41, 5.74) is 2.93. The largest absolute Gasteiger partial charge is 0.409 e. The van der Waals surface area contributed by atoms with Crippen molar-refractivity contribution < 1.29 is 18.0 Å². The maximum absolute atomic E-state index is 14.0. The van der Waals surface area contributed by atoms with Gasteiger partial charge >= 0.3 is 6.18 Å². The van der Waals surface area contributed by atoms with Crippen molar-refractivity contribution in [2.75, 3.05) is 6.54 Å². The van der Waals surface area contributed by atoms with Crippen LogP contribution in [0.1, 0.15) is 76.5 Å². The average Bonchev–Trinajstić information content (AvgIpc) is 2.95. The van der Waals surface area contributed by atoms with Crippen LogP contribution in [0.5, 0.6) is 0 Å². The lowest BCUT2D eigenvalue weighted by Crippen LogP contribution is -2.43. The number of alkyl halides is 3. The van der Waals surface area contributed by atoms with Gasteiger partial charge in [-0.1, -0.05) is 69.4 Å². The minimum atomic E-state index is -4.50. The van der Waals surface area contributed by atoms with Crippen LogP contribution in [0.4, 0.5) is 13.2 Å².